The highest BCUT2D eigenvalue weighted by Gasteiger charge is 2.25. The summed E-state index contributed by atoms with van der Waals surface area (Å²) >= 11 is 0. The second-order valence-electron chi connectivity index (χ2n) is 5.69. The number of hydrogen-bond acceptors (Lipinski definition) is 5. The first kappa shape index (κ1) is 19.1. The van der Waals surface area contributed by atoms with Crippen molar-refractivity contribution in [1.82, 2.24) is 9.47 Å². The van der Waals surface area contributed by atoms with Crippen molar-refractivity contribution < 1.29 is 9.72 Å². The first-order chi connectivity index (χ1) is 10.4. The number of amides is 1. The molecular formula is C14H21ClN4O4. The van der Waals surface area contributed by atoms with Gasteiger partial charge in [0.25, 0.3) is 11.2 Å². The van der Waals surface area contributed by atoms with Gasteiger partial charge in [-0.1, -0.05) is 0 Å². The summed E-state index contributed by atoms with van der Waals surface area (Å²) in [6, 6.07) is 2.35. The van der Waals surface area contributed by atoms with Gasteiger partial charge in [-0.25, -0.2) is 0 Å². The molecule has 1 aromatic heterocycles. The summed E-state index contributed by atoms with van der Waals surface area (Å²) in [5.74, 6) is 0.204. The van der Waals surface area contributed by atoms with Crippen LogP contribution in [0.3, 0.4) is 0 Å². The molecule has 0 bridgehead atoms. The second-order valence-corrected chi connectivity index (χ2v) is 5.69. The van der Waals surface area contributed by atoms with E-state index in [0.29, 0.717) is 19.0 Å². The van der Waals surface area contributed by atoms with Crippen LogP contribution in [-0.2, 0) is 11.3 Å². The summed E-state index contributed by atoms with van der Waals surface area (Å²) in [5, 5.41) is 10.7. The van der Waals surface area contributed by atoms with Gasteiger partial charge in [-0.2, -0.15) is 0 Å². The largest absolute Gasteiger partial charge is 0.341 e. The fourth-order valence-corrected chi connectivity index (χ4v) is 2.67. The van der Waals surface area contributed by atoms with E-state index in [0.717, 1.165) is 35.7 Å². The molecule has 0 radical (unpaired) electrons. The number of halogens is 1. The molecule has 2 rings (SSSR count). The molecule has 1 amide bonds. The lowest BCUT2D eigenvalue weighted by molar-refractivity contribution is -0.385. The topological polar surface area (TPSA) is 111 Å². The third-order valence-corrected chi connectivity index (χ3v) is 4.12. The molecule has 9 heteroatoms. The van der Waals surface area contributed by atoms with Crippen molar-refractivity contribution in [2.24, 2.45) is 11.7 Å². The fourth-order valence-electron chi connectivity index (χ4n) is 2.67. The lowest BCUT2D eigenvalue weighted by Gasteiger charge is -2.33. The highest BCUT2D eigenvalue weighted by atomic mass is 35.5. The lowest BCUT2D eigenvalue weighted by atomic mass is 9.91. The van der Waals surface area contributed by atoms with Gasteiger partial charge >= 0.3 is 0 Å². The Morgan fingerprint density at radius 2 is 2.04 bits per heavy atom. The minimum atomic E-state index is -0.589. The molecule has 1 saturated heterocycles. The Bertz CT molecular complexity index is 623. The predicted octanol–water partition coefficient (Wildman–Crippen LogP) is 0.764. The van der Waals surface area contributed by atoms with Crippen LogP contribution in [0.5, 0.6) is 0 Å². The zero-order chi connectivity index (χ0) is 16.3. The van der Waals surface area contributed by atoms with E-state index in [1.54, 1.807) is 4.90 Å². The van der Waals surface area contributed by atoms with Crippen molar-refractivity contribution >= 4 is 24.0 Å². The van der Waals surface area contributed by atoms with Crippen molar-refractivity contribution in [2.75, 3.05) is 13.1 Å². The molecular weight excluding hydrogens is 324 g/mol. The van der Waals surface area contributed by atoms with Crippen LogP contribution in [0.1, 0.15) is 19.8 Å². The van der Waals surface area contributed by atoms with E-state index in [9.17, 15) is 19.7 Å². The maximum atomic E-state index is 12.2. The van der Waals surface area contributed by atoms with E-state index in [1.165, 1.54) is 0 Å². The molecule has 1 unspecified atom stereocenters. The molecule has 23 heavy (non-hydrogen) atoms. The molecule has 1 atom stereocenters. The molecule has 0 aromatic carbocycles. The standard InChI is InChI=1S/C14H20N4O4.ClH/c1-10(15)11-4-6-16(7-5-11)14(20)9-17-8-12(18(21)22)2-3-13(17)19;/h2-3,8,10-11H,4-7,9,15H2,1H3;1H. The van der Waals surface area contributed by atoms with E-state index < -0.39 is 10.5 Å². The molecule has 8 nitrogen and oxygen atoms in total. The van der Waals surface area contributed by atoms with Crippen molar-refractivity contribution in [1.29, 1.82) is 0 Å². The van der Waals surface area contributed by atoms with E-state index >= 15 is 0 Å². The summed E-state index contributed by atoms with van der Waals surface area (Å²) in [6.07, 6.45) is 2.79. The summed E-state index contributed by atoms with van der Waals surface area (Å²) < 4.78 is 1.08. The van der Waals surface area contributed by atoms with Crippen LogP contribution < -0.4 is 11.3 Å². The van der Waals surface area contributed by atoms with Gasteiger partial charge in [0.1, 0.15) is 6.54 Å². The number of nitrogens with zero attached hydrogens (tertiary/aromatic N) is 3. The summed E-state index contributed by atoms with van der Waals surface area (Å²) in [5.41, 5.74) is 5.23. The number of carbonyl (C=O) groups is 1. The Kier molecular flexibility index (Phi) is 6.71. The van der Waals surface area contributed by atoms with Crippen molar-refractivity contribution in [3.8, 4) is 0 Å². The van der Waals surface area contributed by atoms with E-state index in [2.05, 4.69) is 0 Å². The van der Waals surface area contributed by atoms with E-state index in [1.807, 2.05) is 6.92 Å². The van der Waals surface area contributed by atoms with Gasteiger partial charge < -0.3 is 10.6 Å². The summed E-state index contributed by atoms with van der Waals surface area (Å²) in [6.45, 7) is 3.00. The Hall–Kier alpha value is -1.93. The van der Waals surface area contributed by atoms with Crippen molar-refractivity contribution in [2.45, 2.75) is 32.4 Å². The molecule has 0 aliphatic carbocycles. The number of aromatic nitrogens is 1. The minimum Gasteiger partial charge on any atom is -0.341 e. The molecule has 1 aliphatic rings. The van der Waals surface area contributed by atoms with Gasteiger partial charge in [-0.3, -0.25) is 24.3 Å². The first-order valence-corrected chi connectivity index (χ1v) is 7.26. The Balaban J connectivity index is 0.00000264. The third-order valence-electron chi connectivity index (χ3n) is 4.12. The number of likely N-dealkylation sites (tertiary alicyclic amines) is 1. The van der Waals surface area contributed by atoms with Crippen molar-refractivity contribution in [3.63, 3.8) is 0 Å². The van der Waals surface area contributed by atoms with Crippen LogP contribution in [0.4, 0.5) is 5.69 Å². The number of hydrogen-bond donors (Lipinski definition) is 1. The monoisotopic (exact) mass is 344 g/mol. The summed E-state index contributed by atoms with van der Waals surface area (Å²) in [7, 11) is 0. The molecule has 1 fully saturated rings. The van der Waals surface area contributed by atoms with E-state index in [4.69, 9.17) is 5.73 Å². The van der Waals surface area contributed by atoms with Gasteiger partial charge in [-0.15, -0.1) is 12.4 Å². The average Bonchev–Trinajstić information content (AvgIpc) is 2.49. The fraction of sp³-hybridized carbons (Fsp3) is 0.571. The number of nitrogens with two attached hydrogens (primary N) is 1. The Morgan fingerprint density at radius 1 is 1.43 bits per heavy atom. The second kappa shape index (κ2) is 8.07. The van der Waals surface area contributed by atoms with Crippen LogP contribution in [0.25, 0.3) is 0 Å². The molecule has 1 aromatic rings. The van der Waals surface area contributed by atoms with Crippen LogP contribution in [0, 0.1) is 16.0 Å². The maximum Gasteiger partial charge on any atom is 0.285 e. The highest BCUT2D eigenvalue weighted by Crippen LogP contribution is 2.19. The molecule has 128 valence electrons. The molecule has 2 heterocycles. The summed E-state index contributed by atoms with van der Waals surface area (Å²) in [4.78, 5) is 35.8. The zero-order valence-corrected chi connectivity index (χ0v) is 13.7. The maximum absolute atomic E-state index is 12.2. The normalized spacial score (nSPS) is 16.5. The average molecular weight is 345 g/mol. The van der Waals surface area contributed by atoms with Crippen LogP contribution >= 0.6 is 12.4 Å². The zero-order valence-electron chi connectivity index (χ0n) is 12.9. The van der Waals surface area contributed by atoms with Gasteiger partial charge in [0.15, 0.2) is 0 Å². The smallest absolute Gasteiger partial charge is 0.285 e. The van der Waals surface area contributed by atoms with E-state index in [-0.39, 0.29) is 36.6 Å². The van der Waals surface area contributed by atoms with Crippen LogP contribution in [0.2, 0.25) is 0 Å². The number of nitro groups is 1. The van der Waals surface area contributed by atoms with Crippen LogP contribution in [-0.4, -0.2) is 39.4 Å². The number of carbonyl (C=O) groups excluding carboxylic acids is 1. The van der Waals surface area contributed by atoms with Gasteiger partial charge in [0.2, 0.25) is 5.91 Å². The quantitative estimate of drug-likeness (QED) is 0.640. The number of piperidine rings is 1. The molecule has 2 N–H and O–H groups in total. The molecule has 1 aliphatic heterocycles. The Labute approximate surface area is 139 Å². The van der Waals surface area contributed by atoms with Gasteiger partial charge in [-0.05, 0) is 25.7 Å². The van der Waals surface area contributed by atoms with Crippen LogP contribution in [0.15, 0.2) is 23.1 Å². The van der Waals surface area contributed by atoms with Gasteiger partial charge in [0, 0.05) is 31.3 Å². The third kappa shape index (κ3) is 4.77. The SMILES string of the molecule is CC(N)C1CCN(C(=O)Cn2cc([N+](=O)[O-])ccc2=O)CC1.Cl. The first-order valence-electron chi connectivity index (χ1n) is 7.26. The lowest BCUT2D eigenvalue weighted by Crippen LogP contribution is -2.44. The number of pyridine rings is 1. The molecule has 0 spiro atoms. The highest BCUT2D eigenvalue weighted by molar-refractivity contribution is 5.85. The molecule has 0 saturated carbocycles. The minimum absolute atomic E-state index is 0. The van der Waals surface area contributed by atoms with Gasteiger partial charge in [0.05, 0.1) is 11.1 Å². The Morgan fingerprint density at radius 3 is 2.57 bits per heavy atom. The van der Waals surface area contributed by atoms with Crippen molar-refractivity contribution in [3.05, 3.63) is 38.8 Å². The number of rotatable bonds is 4. The predicted molar refractivity (Wildman–Crippen MR) is 87.6 cm³/mol.